The van der Waals surface area contributed by atoms with Gasteiger partial charge in [-0.3, -0.25) is 9.59 Å². The highest BCUT2D eigenvalue weighted by Crippen LogP contribution is 2.14. The number of nitrogens with zero attached hydrogens (tertiary/aromatic N) is 1. The van der Waals surface area contributed by atoms with Crippen LogP contribution in [0.1, 0.15) is 41.6 Å². The summed E-state index contributed by atoms with van der Waals surface area (Å²) in [5, 5.41) is 2.94. The number of anilines is 1. The number of hydrogen-bond donors (Lipinski definition) is 1. The number of aryl methyl sites for hydroxylation is 1. The summed E-state index contributed by atoms with van der Waals surface area (Å²) < 4.78 is 5.08. The zero-order valence-electron chi connectivity index (χ0n) is 17.0. The summed E-state index contributed by atoms with van der Waals surface area (Å²) in [6.07, 6.45) is 3.14. The van der Waals surface area contributed by atoms with Crippen LogP contribution in [0.15, 0.2) is 48.5 Å². The Labute approximate surface area is 167 Å². The maximum atomic E-state index is 12.1. The highest BCUT2D eigenvalue weighted by molar-refractivity contribution is 5.96. The molecule has 0 radical (unpaired) electrons. The van der Waals surface area contributed by atoms with Gasteiger partial charge in [-0.25, -0.2) is 0 Å². The van der Waals surface area contributed by atoms with Crippen molar-refractivity contribution in [3.05, 3.63) is 59.7 Å². The van der Waals surface area contributed by atoms with Crippen molar-refractivity contribution >= 4 is 17.4 Å². The number of nitrogens with one attached hydrogen (secondary N) is 1. The van der Waals surface area contributed by atoms with E-state index in [1.54, 1.807) is 31.4 Å². The Morgan fingerprint density at radius 1 is 0.929 bits per heavy atom. The fraction of sp³-hybridized carbons (Fsp3) is 0.391. The summed E-state index contributed by atoms with van der Waals surface area (Å²) in [6.45, 7) is 0.653. The van der Waals surface area contributed by atoms with Gasteiger partial charge in [0.1, 0.15) is 5.75 Å². The lowest BCUT2D eigenvalue weighted by Gasteiger charge is -2.12. The van der Waals surface area contributed by atoms with Crippen molar-refractivity contribution < 1.29 is 14.3 Å². The number of amides is 1. The summed E-state index contributed by atoms with van der Waals surface area (Å²) in [5.41, 5.74) is 3.10. The highest BCUT2D eigenvalue weighted by Gasteiger charge is 2.08. The lowest BCUT2D eigenvalue weighted by atomic mass is 10.1. The lowest BCUT2D eigenvalue weighted by molar-refractivity contribution is -0.121. The molecular weight excluding hydrogens is 352 g/mol. The molecule has 0 bridgehead atoms. The van der Waals surface area contributed by atoms with Crippen LogP contribution in [0.25, 0.3) is 0 Å². The molecular formula is C23H30N2O3. The van der Waals surface area contributed by atoms with Crippen LogP contribution in [0.5, 0.6) is 5.75 Å². The first-order valence-corrected chi connectivity index (χ1v) is 9.70. The summed E-state index contributed by atoms with van der Waals surface area (Å²) in [4.78, 5) is 26.1. The Morgan fingerprint density at radius 2 is 1.61 bits per heavy atom. The molecule has 0 unspecified atom stereocenters. The summed E-state index contributed by atoms with van der Waals surface area (Å²) in [7, 11) is 5.64. The third-order valence-electron chi connectivity index (χ3n) is 4.64. The Hall–Kier alpha value is -2.82. The van der Waals surface area contributed by atoms with Gasteiger partial charge in [-0.1, -0.05) is 12.1 Å². The van der Waals surface area contributed by atoms with E-state index in [1.165, 1.54) is 11.3 Å². The van der Waals surface area contributed by atoms with Gasteiger partial charge in [-0.15, -0.1) is 0 Å². The van der Waals surface area contributed by atoms with E-state index in [2.05, 4.69) is 34.5 Å². The number of Topliss-reactive ketones (excluding diaryl/α,β-unsaturated/α-hetero) is 1. The number of carbonyl (C=O) groups is 2. The second-order valence-electron chi connectivity index (χ2n) is 7.02. The van der Waals surface area contributed by atoms with Gasteiger partial charge in [-0.05, 0) is 61.2 Å². The first-order chi connectivity index (χ1) is 13.5. The van der Waals surface area contributed by atoms with Gasteiger partial charge >= 0.3 is 0 Å². The minimum atomic E-state index is 0.00508. The first kappa shape index (κ1) is 21.5. The normalized spacial score (nSPS) is 10.4. The molecule has 5 nitrogen and oxygen atoms in total. The summed E-state index contributed by atoms with van der Waals surface area (Å²) in [5.74, 6) is 0.784. The molecule has 0 saturated carbocycles. The molecule has 2 rings (SSSR count). The molecule has 28 heavy (non-hydrogen) atoms. The van der Waals surface area contributed by atoms with Crippen LogP contribution < -0.4 is 15.0 Å². The number of rotatable bonds is 11. The van der Waals surface area contributed by atoms with Crippen molar-refractivity contribution in [2.75, 3.05) is 32.6 Å². The first-order valence-electron chi connectivity index (χ1n) is 9.70. The van der Waals surface area contributed by atoms with E-state index in [4.69, 9.17) is 4.74 Å². The molecule has 5 heteroatoms. The molecule has 2 aromatic carbocycles. The van der Waals surface area contributed by atoms with Gasteiger partial charge in [0.15, 0.2) is 5.78 Å². The van der Waals surface area contributed by atoms with E-state index in [0.29, 0.717) is 31.4 Å². The summed E-state index contributed by atoms with van der Waals surface area (Å²) in [6, 6.07) is 15.5. The quantitative estimate of drug-likeness (QED) is 0.474. The minimum absolute atomic E-state index is 0.00508. The van der Waals surface area contributed by atoms with Gasteiger partial charge in [0.25, 0.3) is 0 Å². The molecule has 0 atom stereocenters. The van der Waals surface area contributed by atoms with Crippen molar-refractivity contribution in [1.82, 2.24) is 5.32 Å². The predicted molar refractivity (Wildman–Crippen MR) is 113 cm³/mol. The number of methoxy groups -OCH3 is 1. The minimum Gasteiger partial charge on any atom is -0.497 e. The van der Waals surface area contributed by atoms with Crippen molar-refractivity contribution in [3.8, 4) is 5.75 Å². The van der Waals surface area contributed by atoms with Gasteiger partial charge in [0, 0.05) is 44.7 Å². The fourth-order valence-electron chi connectivity index (χ4n) is 2.90. The Bertz CT molecular complexity index is 752. The Morgan fingerprint density at radius 3 is 2.21 bits per heavy atom. The molecule has 0 aliphatic rings. The smallest absolute Gasteiger partial charge is 0.220 e. The van der Waals surface area contributed by atoms with Crippen LogP contribution in [0.2, 0.25) is 0 Å². The van der Waals surface area contributed by atoms with E-state index in [-0.39, 0.29) is 11.7 Å². The third-order valence-corrected chi connectivity index (χ3v) is 4.64. The van der Waals surface area contributed by atoms with Crippen molar-refractivity contribution in [3.63, 3.8) is 0 Å². The van der Waals surface area contributed by atoms with Gasteiger partial charge in [-0.2, -0.15) is 0 Å². The van der Waals surface area contributed by atoms with E-state index >= 15 is 0 Å². The van der Waals surface area contributed by atoms with Crippen LogP contribution in [0.3, 0.4) is 0 Å². The van der Waals surface area contributed by atoms with Gasteiger partial charge in [0.05, 0.1) is 7.11 Å². The molecule has 0 aromatic heterocycles. The zero-order chi connectivity index (χ0) is 20.4. The lowest BCUT2D eigenvalue weighted by Crippen LogP contribution is -2.24. The van der Waals surface area contributed by atoms with E-state index in [1.807, 2.05) is 14.1 Å². The standard InChI is InChI=1S/C23H30N2O3/c1-25(2)20-13-9-18(10-14-20)6-5-17-24-23(27)8-4-7-22(26)19-11-15-21(28-3)16-12-19/h9-16H,4-8,17H2,1-3H3,(H,24,27). The molecule has 0 heterocycles. The number of carbonyl (C=O) groups excluding carboxylic acids is 2. The molecule has 150 valence electrons. The van der Waals surface area contributed by atoms with E-state index in [9.17, 15) is 9.59 Å². The molecule has 0 saturated heterocycles. The molecule has 0 aliphatic heterocycles. The number of hydrogen-bond acceptors (Lipinski definition) is 4. The largest absolute Gasteiger partial charge is 0.497 e. The average Bonchev–Trinajstić information content (AvgIpc) is 2.71. The second-order valence-corrected chi connectivity index (χ2v) is 7.02. The molecule has 0 spiro atoms. The average molecular weight is 383 g/mol. The maximum Gasteiger partial charge on any atom is 0.220 e. The number of benzene rings is 2. The molecule has 1 amide bonds. The van der Waals surface area contributed by atoms with Crippen molar-refractivity contribution in [2.45, 2.75) is 32.1 Å². The fourth-order valence-corrected chi connectivity index (χ4v) is 2.90. The molecule has 0 aliphatic carbocycles. The predicted octanol–water partition coefficient (Wildman–Crippen LogP) is 3.86. The highest BCUT2D eigenvalue weighted by atomic mass is 16.5. The third kappa shape index (κ3) is 7.06. The monoisotopic (exact) mass is 382 g/mol. The zero-order valence-corrected chi connectivity index (χ0v) is 17.0. The number of ether oxygens (including phenoxy) is 1. The van der Waals surface area contributed by atoms with Crippen LogP contribution in [-0.2, 0) is 11.2 Å². The number of ketones is 1. The van der Waals surface area contributed by atoms with Crippen molar-refractivity contribution in [1.29, 1.82) is 0 Å². The second kappa shape index (κ2) is 11.1. The molecule has 2 aromatic rings. The van der Waals surface area contributed by atoms with Crippen LogP contribution in [-0.4, -0.2) is 39.4 Å². The Balaban J connectivity index is 1.60. The molecule has 0 fully saturated rings. The topological polar surface area (TPSA) is 58.6 Å². The SMILES string of the molecule is COc1ccc(C(=O)CCCC(=O)NCCCc2ccc(N(C)C)cc2)cc1. The van der Waals surface area contributed by atoms with Gasteiger partial charge in [0.2, 0.25) is 5.91 Å². The van der Waals surface area contributed by atoms with Crippen LogP contribution in [0.4, 0.5) is 5.69 Å². The van der Waals surface area contributed by atoms with E-state index < -0.39 is 0 Å². The molecule has 1 N–H and O–H groups in total. The summed E-state index contributed by atoms with van der Waals surface area (Å²) >= 11 is 0. The maximum absolute atomic E-state index is 12.1. The van der Waals surface area contributed by atoms with E-state index in [0.717, 1.165) is 18.6 Å². The van der Waals surface area contributed by atoms with Crippen LogP contribution >= 0.6 is 0 Å². The Kier molecular flexibility index (Phi) is 8.53. The van der Waals surface area contributed by atoms with Gasteiger partial charge < -0.3 is 15.0 Å². The van der Waals surface area contributed by atoms with Crippen LogP contribution in [0, 0.1) is 0 Å². The van der Waals surface area contributed by atoms with Crippen molar-refractivity contribution in [2.24, 2.45) is 0 Å².